The lowest BCUT2D eigenvalue weighted by atomic mass is 10.2. The van der Waals surface area contributed by atoms with Crippen LogP contribution in [0.2, 0.25) is 0 Å². The van der Waals surface area contributed by atoms with Gasteiger partial charge in [0.15, 0.2) is 4.80 Å². The second-order valence-electron chi connectivity index (χ2n) is 4.66. The molecule has 0 fully saturated rings. The van der Waals surface area contributed by atoms with Gasteiger partial charge in [0.25, 0.3) is 5.91 Å². The van der Waals surface area contributed by atoms with Gasteiger partial charge in [-0.3, -0.25) is 4.79 Å². The molecule has 6 heteroatoms. The third kappa shape index (κ3) is 4.05. The van der Waals surface area contributed by atoms with Crippen molar-refractivity contribution < 1.29 is 14.3 Å². The topological polar surface area (TPSA) is 52.8 Å². The molecule has 1 heterocycles. The van der Waals surface area contributed by atoms with Crippen molar-refractivity contribution in [3.63, 3.8) is 0 Å². The zero-order chi connectivity index (χ0) is 15.9. The van der Waals surface area contributed by atoms with Crippen molar-refractivity contribution in [1.82, 2.24) is 4.57 Å². The Bertz CT molecular complexity index is 703. The van der Waals surface area contributed by atoms with Gasteiger partial charge in [-0.2, -0.15) is 4.99 Å². The second-order valence-corrected chi connectivity index (χ2v) is 5.87. The van der Waals surface area contributed by atoms with Gasteiger partial charge in [-0.25, -0.2) is 0 Å². The van der Waals surface area contributed by atoms with E-state index >= 15 is 0 Å². The summed E-state index contributed by atoms with van der Waals surface area (Å²) in [6, 6.07) is 7.17. The van der Waals surface area contributed by atoms with Gasteiger partial charge in [-0.05, 0) is 26.0 Å². The summed E-state index contributed by atoms with van der Waals surface area (Å²) in [6.45, 7) is 5.63. The molecule has 0 saturated heterocycles. The van der Waals surface area contributed by atoms with Gasteiger partial charge >= 0.3 is 0 Å². The number of methoxy groups -OCH3 is 1. The van der Waals surface area contributed by atoms with Crippen molar-refractivity contribution in [2.75, 3.05) is 20.3 Å². The van der Waals surface area contributed by atoms with Crippen LogP contribution in [0.3, 0.4) is 0 Å². The number of aromatic nitrogens is 1. The highest BCUT2D eigenvalue weighted by Gasteiger charge is 2.11. The Labute approximate surface area is 133 Å². The summed E-state index contributed by atoms with van der Waals surface area (Å²) in [5, 5.41) is 0. The first-order chi connectivity index (χ1) is 10.7. The summed E-state index contributed by atoms with van der Waals surface area (Å²) in [7, 11) is 1.65. The molecule has 5 nitrogen and oxygen atoms in total. The monoisotopic (exact) mass is 320 g/mol. The van der Waals surface area contributed by atoms with E-state index in [9.17, 15) is 4.79 Å². The van der Waals surface area contributed by atoms with Crippen LogP contribution in [0.15, 0.2) is 35.5 Å². The number of hydrogen-bond donors (Lipinski definition) is 0. The number of hydrogen-bond acceptors (Lipinski definition) is 4. The maximum atomic E-state index is 12.5. The smallest absolute Gasteiger partial charge is 0.283 e. The molecular formula is C16H20N2O3S. The highest BCUT2D eigenvalue weighted by Crippen LogP contribution is 2.18. The first kappa shape index (κ1) is 16.5. The van der Waals surface area contributed by atoms with E-state index in [0.29, 0.717) is 35.9 Å². The Morgan fingerprint density at radius 2 is 2.14 bits per heavy atom. The maximum absolute atomic E-state index is 12.5. The average Bonchev–Trinajstić information content (AvgIpc) is 2.85. The molecule has 1 aromatic heterocycles. The molecular weight excluding hydrogens is 300 g/mol. The van der Waals surface area contributed by atoms with Crippen LogP contribution in [0, 0.1) is 6.92 Å². The Balaban J connectivity index is 2.35. The maximum Gasteiger partial charge on any atom is 0.283 e. The van der Waals surface area contributed by atoms with Crippen LogP contribution in [-0.2, 0) is 11.3 Å². The number of carbonyl (C=O) groups is 1. The van der Waals surface area contributed by atoms with E-state index < -0.39 is 0 Å². The Kier molecular flexibility index (Phi) is 5.91. The first-order valence-electron chi connectivity index (χ1n) is 7.12. The predicted molar refractivity (Wildman–Crippen MR) is 86.4 cm³/mol. The molecule has 1 amide bonds. The molecule has 0 spiro atoms. The van der Waals surface area contributed by atoms with Crippen molar-refractivity contribution in [1.29, 1.82) is 0 Å². The Morgan fingerprint density at radius 1 is 1.36 bits per heavy atom. The van der Waals surface area contributed by atoms with E-state index in [1.165, 1.54) is 11.3 Å². The third-order valence-electron chi connectivity index (χ3n) is 2.99. The van der Waals surface area contributed by atoms with Crippen molar-refractivity contribution >= 4 is 17.2 Å². The number of carbonyl (C=O) groups excluding carboxylic acids is 1. The van der Waals surface area contributed by atoms with Gasteiger partial charge in [-0.1, -0.05) is 12.1 Å². The minimum Gasteiger partial charge on any atom is -0.493 e. The van der Waals surface area contributed by atoms with Gasteiger partial charge in [0.05, 0.1) is 18.8 Å². The van der Waals surface area contributed by atoms with Crippen molar-refractivity contribution in [2.24, 2.45) is 4.99 Å². The number of rotatable bonds is 6. The van der Waals surface area contributed by atoms with Gasteiger partial charge < -0.3 is 14.0 Å². The number of ether oxygens (including phenoxy) is 2. The lowest BCUT2D eigenvalue weighted by Gasteiger charge is -2.06. The van der Waals surface area contributed by atoms with Crippen LogP contribution in [-0.4, -0.2) is 30.8 Å². The highest BCUT2D eigenvalue weighted by molar-refractivity contribution is 7.09. The zero-order valence-corrected chi connectivity index (χ0v) is 13.9. The van der Waals surface area contributed by atoms with Crippen molar-refractivity contribution in [2.45, 2.75) is 20.4 Å². The number of thiazole rings is 1. The fraction of sp³-hybridized carbons (Fsp3) is 0.375. The number of nitrogens with zero attached hydrogens (tertiary/aromatic N) is 2. The number of benzene rings is 1. The molecule has 0 radical (unpaired) electrons. The fourth-order valence-corrected chi connectivity index (χ4v) is 2.87. The minimum atomic E-state index is -0.294. The van der Waals surface area contributed by atoms with Crippen molar-refractivity contribution in [3.05, 3.63) is 45.7 Å². The quantitative estimate of drug-likeness (QED) is 0.822. The van der Waals surface area contributed by atoms with Crippen LogP contribution < -0.4 is 9.54 Å². The molecule has 0 aliphatic heterocycles. The molecule has 2 aromatic rings. The summed E-state index contributed by atoms with van der Waals surface area (Å²) in [4.78, 5) is 18.5. The molecule has 1 aromatic carbocycles. The lowest BCUT2D eigenvalue weighted by molar-refractivity contribution is 0.0993. The standard InChI is InChI=1S/C16H20N2O3S/c1-4-21-14-8-6-5-7-13(14)15(19)17-16-18(9-10-20-3)11-12(2)22-16/h5-8,11H,4,9-10H2,1-3H3. The Morgan fingerprint density at radius 3 is 2.86 bits per heavy atom. The number of para-hydroxylation sites is 1. The van der Waals surface area contributed by atoms with Crippen LogP contribution in [0.25, 0.3) is 0 Å². The van der Waals surface area contributed by atoms with Gasteiger partial charge in [0, 0.05) is 24.7 Å². The lowest BCUT2D eigenvalue weighted by Crippen LogP contribution is -2.18. The molecule has 0 aliphatic carbocycles. The fourth-order valence-electron chi connectivity index (χ4n) is 2.01. The second kappa shape index (κ2) is 7.91. The largest absolute Gasteiger partial charge is 0.493 e. The SMILES string of the molecule is CCOc1ccccc1C(=O)N=c1sc(C)cn1CCOC. The highest BCUT2D eigenvalue weighted by atomic mass is 32.1. The average molecular weight is 320 g/mol. The third-order valence-corrected chi connectivity index (χ3v) is 3.92. The van der Waals surface area contributed by atoms with E-state index in [2.05, 4.69) is 4.99 Å². The molecule has 2 rings (SSSR count). The molecule has 0 bridgehead atoms. The predicted octanol–water partition coefficient (Wildman–Crippen LogP) is 2.64. The van der Waals surface area contributed by atoms with E-state index in [0.717, 1.165) is 4.88 Å². The Hall–Kier alpha value is -1.92. The molecule has 0 saturated carbocycles. The summed E-state index contributed by atoms with van der Waals surface area (Å²) >= 11 is 1.49. The van der Waals surface area contributed by atoms with E-state index in [1.807, 2.05) is 36.7 Å². The normalized spacial score (nSPS) is 11.7. The summed E-state index contributed by atoms with van der Waals surface area (Å²) in [5.74, 6) is 0.271. The van der Waals surface area contributed by atoms with Crippen LogP contribution >= 0.6 is 11.3 Å². The first-order valence-corrected chi connectivity index (χ1v) is 7.94. The molecule has 118 valence electrons. The number of amides is 1. The van der Waals surface area contributed by atoms with E-state index in [4.69, 9.17) is 9.47 Å². The van der Waals surface area contributed by atoms with Gasteiger partial charge in [0.2, 0.25) is 0 Å². The minimum absolute atomic E-state index is 0.294. The van der Waals surface area contributed by atoms with E-state index in [1.54, 1.807) is 19.2 Å². The van der Waals surface area contributed by atoms with E-state index in [-0.39, 0.29) is 5.91 Å². The van der Waals surface area contributed by atoms with Crippen LogP contribution in [0.1, 0.15) is 22.2 Å². The molecule has 22 heavy (non-hydrogen) atoms. The molecule has 0 N–H and O–H groups in total. The van der Waals surface area contributed by atoms with Crippen LogP contribution in [0.4, 0.5) is 0 Å². The summed E-state index contributed by atoms with van der Waals surface area (Å²) in [5.41, 5.74) is 0.480. The molecule has 0 atom stereocenters. The van der Waals surface area contributed by atoms with Gasteiger partial charge in [0.1, 0.15) is 5.75 Å². The summed E-state index contributed by atoms with van der Waals surface area (Å²) in [6.07, 6.45) is 1.98. The van der Waals surface area contributed by atoms with Crippen molar-refractivity contribution in [3.8, 4) is 5.75 Å². The molecule has 0 aliphatic rings. The molecule has 0 unspecified atom stereocenters. The van der Waals surface area contributed by atoms with Gasteiger partial charge in [-0.15, -0.1) is 11.3 Å². The van der Waals surface area contributed by atoms with Crippen LogP contribution in [0.5, 0.6) is 5.75 Å². The number of aryl methyl sites for hydroxylation is 1. The summed E-state index contributed by atoms with van der Waals surface area (Å²) < 4.78 is 12.5. The zero-order valence-electron chi connectivity index (χ0n) is 13.0.